The van der Waals surface area contributed by atoms with E-state index in [-0.39, 0.29) is 11.5 Å². The van der Waals surface area contributed by atoms with Crippen molar-refractivity contribution in [3.05, 3.63) is 63.6 Å². The van der Waals surface area contributed by atoms with Crippen LogP contribution >= 0.6 is 15.9 Å². The van der Waals surface area contributed by atoms with Crippen molar-refractivity contribution in [2.45, 2.75) is 24.2 Å². The SMILES string of the molecule is O=C(CS(=O)c1ccc(Br)cc1)c1ccc2c(c1)CCC2. The summed E-state index contributed by atoms with van der Waals surface area (Å²) in [6.07, 6.45) is 3.32. The van der Waals surface area contributed by atoms with Crippen molar-refractivity contribution in [2.24, 2.45) is 0 Å². The van der Waals surface area contributed by atoms with Crippen molar-refractivity contribution in [1.82, 2.24) is 0 Å². The maximum atomic E-state index is 12.3. The zero-order valence-corrected chi connectivity index (χ0v) is 13.9. The molecule has 4 heteroatoms. The lowest BCUT2D eigenvalue weighted by Crippen LogP contribution is -2.11. The normalized spacial score (nSPS) is 14.7. The zero-order chi connectivity index (χ0) is 14.8. The number of carbonyl (C=O) groups is 1. The number of carbonyl (C=O) groups excluding carboxylic acids is 1. The molecule has 0 aliphatic heterocycles. The number of aryl methyl sites for hydroxylation is 2. The van der Waals surface area contributed by atoms with Gasteiger partial charge in [0, 0.05) is 14.9 Å². The van der Waals surface area contributed by atoms with Gasteiger partial charge in [-0.05, 0) is 60.7 Å². The van der Waals surface area contributed by atoms with Crippen molar-refractivity contribution in [2.75, 3.05) is 5.75 Å². The summed E-state index contributed by atoms with van der Waals surface area (Å²) in [6.45, 7) is 0. The Kier molecular flexibility index (Phi) is 4.36. The summed E-state index contributed by atoms with van der Waals surface area (Å²) >= 11 is 3.34. The van der Waals surface area contributed by atoms with Gasteiger partial charge in [0.2, 0.25) is 0 Å². The molecule has 0 fully saturated rings. The molecule has 1 aliphatic rings. The van der Waals surface area contributed by atoms with E-state index in [2.05, 4.69) is 15.9 Å². The fourth-order valence-electron chi connectivity index (χ4n) is 2.62. The van der Waals surface area contributed by atoms with Crippen LogP contribution in [-0.2, 0) is 23.6 Å². The number of ketones is 1. The third-order valence-electron chi connectivity index (χ3n) is 3.76. The van der Waals surface area contributed by atoms with Crippen LogP contribution in [0.25, 0.3) is 0 Å². The number of Topliss-reactive ketones (excluding diaryl/α,β-unsaturated/α-hetero) is 1. The molecule has 0 bridgehead atoms. The predicted molar refractivity (Wildman–Crippen MR) is 88.2 cm³/mol. The second-order valence-electron chi connectivity index (χ2n) is 5.20. The average Bonchev–Trinajstić information content (AvgIpc) is 2.95. The van der Waals surface area contributed by atoms with Crippen molar-refractivity contribution >= 4 is 32.5 Å². The van der Waals surface area contributed by atoms with Gasteiger partial charge in [-0.15, -0.1) is 0 Å². The third kappa shape index (κ3) is 3.33. The van der Waals surface area contributed by atoms with Gasteiger partial charge in [-0.1, -0.05) is 28.1 Å². The molecular weight excluding hydrogens is 348 g/mol. The minimum Gasteiger partial charge on any atom is -0.293 e. The van der Waals surface area contributed by atoms with Gasteiger partial charge in [0.05, 0.1) is 16.6 Å². The number of fused-ring (bicyclic) bond motifs is 1. The molecule has 0 radical (unpaired) electrons. The average molecular weight is 363 g/mol. The van der Waals surface area contributed by atoms with Crippen molar-refractivity contribution in [3.63, 3.8) is 0 Å². The lowest BCUT2D eigenvalue weighted by atomic mass is 10.0. The van der Waals surface area contributed by atoms with E-state index in [4.69, 9.17) is 0 Å². The van der Waals surface area contributed by atoms with Gasteiger partial charge in [-0.25, -0.2) is 0 Å². The summed E-state index contributed by atoms with van der Waals surface area (Å²) in [7, 11) is -1.29. The summed E-state index contributed by atoms with van der Waals surface area (Å²) < 4.78 is 13.2. The van der Waals surface area contributed by atoms with E-state index in [0.717, 1.165) is 23.7 Å². The van der Waals surface area contributed by atoms with Gasteiger partial charge in [0.15, 0.2) is 5.78 Å². The summed E-state index contributed by atoms with van der Waals surface area (Å²) in [4.78, 5) is 13.0. The Morgan fingerprint density at radius 1 is 1.05 bits per heavy atom. The van der Waals surface area contributed by atoms with Crippen LogP contribution in [0.3, 0.4) is 0 Å². The molecule has 0 spiro atoms. The van der Waals surface area contributed by atoms with Crippen LogP contribution in [-0.4, -0.2) is 15.7 Å². The highest BCUT2D eigenvalue weighted by atomic mass is 79.9. The molecule has 2 aromatic carbocycles. The topological polar surface area (TPSA) is 34.1 Å². The molecule has 0 saturated heterocycles. The van der Waals surface area contributed by atoms with Crippen molar-refractivity contribution in [1.29, 1.82) is 0 Å². The maximum Gasteiger partial charge on any atom is 0.175 e. The van der Waals surface area contributed by atoms with Crippen LogP contribution in [0.5, 0.6) is 0 Å². The van der Waals surface area contributed by atoms with Gasteiger partial charge in [0.25, 0.3) is 0 Å². The Labute approximate surface area is 135 Å². The first-order valence-corrected chi connectivity index (χ1v) is 9.03. The molecule has 1 aliphatic carbocycles. The molecule has 0 saturated carbocycles. The molecule has 2 aromatic rings. The summed E-state index contributed by atoms with van der Waals surface area (Å²) in [5.41, 5.74) is 3.30. The third-order valence-corrected chi connectivity index (χ3v) is 5.61. The Bertz CT molecular complexity index is 707. The number of hydrogen-bond donors (Lipinski definition) is 0. The molecule has 0 heterocycles. The number of rotatable bonds is 4. The second kappa shape index (κ2) is 6.24. The second-order valence-corrected chi connectivity index (χ2v) is 7.57. The molecule has 108 valence electrons. The molecule has 1 atom stereocenters. The molecule has 21 heavy (non-hydrogen) atoms. The highest BCUT2D eigenvalue weighted by Gasteiger charge is 2.16. The fourth-order valence-corrected chi connectivity index (χ4v) is 3.89. The molecule has 1 unspecified atom stereocenters. The van der Waals surface area contributed by atoms with Gasteiger partial charge < -0.3 is 0 Å². The van der Waals surface area contributed by atoms with Gasteiger partial charge >= 0.3 is 0 Å². The summed E-state index contributed by atoms with van der Waals surface area (Å²) in [5.74, 6) is -0.00796. The highest BCUT2D eigenvalue weighted by molar-refractivity contribution is 9.10. The Morgan fingerprint density at radius 3 is 2.52 bits per heavy atom. The van der Waals surface area contributed by atoms with E-state index in [9.17, 15) is 9.00 Å². The van der Waals surface area contributed by atoms with Crippen LogP contribution in [0.2, 0.25) is 0 Å². The van der Waals surface area contributed by atoms with Gasteiger partial charge in [-0.3, -0.25) is 9.00 Å². The van der Waals surface area contributed by atoms with Crippen molar-refractivity contribution < 1.29 is 9.00 Å². The van der Waals surface area contributed by atoms with Crippen LogP contribution in [0.15, 0.2) is 51.8 Å². The lowest BCUT2D eigenvalue weighted by molar-refractivity contribution is 0.102. The maximum absolute atomic E-state index is 12.3. The number of hydrogen-bond acceptors (Lipinski definition) is 2. The van der Waals surface area contributed by atoms with Crippen LogP contribution in [0.4, 0.5) is 0 Å². The fraction of sp³-hybridized carbons (Fsp3) is 0.235. The first-order chi connectivity index (χ1) is 10.1. The Balaban J connectivity index is 1.74. The zero-order valence-electron chi connectivity index (χ0n) is 11.5. The lowest BCUT2D eigenvalue weighted by Gasteiger charge is -2.05. The standard InChI is InChI=1S/C17H15BrO2S/c18-15-6-8-16(9-7-15)21(20)11-17(19)14-5-4-12-2-1-3-13(12)10-14/h4-10H,1-3,11H2. The largest absolute Gasteiger partial charge is 0.293 e. The van der Waals surface area contributed by atoms with E-state index in [1.165, 1.54) is 11.1 Å². The molecular formula is C17H15BrO2S. The predicted octanol–water partition coefficient (Wildman–Crippen LogP) is 3.93. The van der Waals surface area contributed by atoms with Crippen LogP contribution < -0.4 is 0 Å². The van der Waals surface area contributed by atoms with E-state index < -0.39 is 10.8 Å². The van der Waals surface area contributed by atoms with Gasteiger partial charge in [-0.2, -0.15) is 0 Å². The number of benzene rings is 2. The van der Waals surface area contributed by atoms with Gasteiger partial charge in [0.1, 0.15) is 0 Å². The Hall–Kier alpha value is -1.26. The first-order valence-electron chi connectivity index (χ1n) is 6.92. The quantitative estimate of drug-likeness (QED) is 0.772. The Morgan fingerprint density at radius 2 is 1.76 bits per heavy atom. The molecule has 2 nitrogen and oxygen atoms in total. The monoisotopic (exact) mass is 362 g/mol. The van der Waals surface area contributed by atoms with E-state index >= 15 is 0 Å². The van der Waals surface area contributed by atoms with Crippen LogP contribution in [0.1, 0.15) is 27.9 Å². The summed E-state index contributed by atoms with van der Waals surface area (Å²) in [6, 6.07) is 13.1. The van der Waals surface area contributed by atoms with E-state index in [1.807, 2.05) is 30.3 Å². The minimum atomic E-state index is -1.29. The molecule has 0 amide bonds. The van der Waals surface area contributed by atoms with E-state index in [1.54, 1.807) is 12.1 Å². The highest BCUT2D eigenvalue weighted by Crippen LogP contribution is 2.23. The number of halogens is 1. The summed E-state index contributed by atoms with van der Waals surface area (Å²) in [5, 5.41) is 0. The smallest absolute Gasteiger partial charge is 0.175 e. The first kappa shape index (κ1) is 14.7. The molecule has 0 aromatic heterocycles. The van der Waals surface area contributed by atoms with Crippen LogP contribution in [0, 0.1) is 0 Å². The molecule has 0 N–H and O–H groups in total. The minimum absolute atomic E-state index is 0.0421. The molecule has 3 rings (SSSR count). The van der Waals surface area contributed by atoms with E-state index in [0.29, 0.717) is 10.5 Å². The van der Waals surface area contributed by atoms with Crippen molar-refractivity contribution in [3.8, 4) is 0 Å².